The molecule has 2 bridgehead atoms. The minimum Gasteiger partial charge on any atom is -0.378 e. The Kier molecular flexibility index (Phi) is 6.94. The first-order valence-electron chi connectivity index (χ1n) is 12.8. The number of amides is 1. The summed E-state index contributed by atoms with van der Waals surface area (Å²) < 4.78 is 0. The molecule has 3 aromatic rings. The zero-order valence-electron chi connectivity index (χ0n) is 20.1. The van der Waals surface area contributed by atoms with E-state index in [1.807, 2.05) is 24.3 Å². The number of carbonyl (C=O) groups excluding carboxylic acids is 1. The lowest BCUT2D eigenvalue weighted by Gasteiger charge is -2.43. The zero-order valence-corrected chi connectivity index (χ0v) is 22.4. The Labute approximate surface area is 227 Å². The molecular weight excluding hydrogens is 507 g/mol. The number of carbonyl (C=O) groups is 1. The Morgan fingerprint density at radius 3 is 2.56 bits per heavy atom. The molecule has 3 nitrogen and oxygen atoms in total. The molecule has 5 atom stereocenters. The molecule has 1 heterocycles. The summed E-state index contributed by atoms with van der Waals surface area (Å²) in [5.74, 6) is 4.17. The number of thioether (sulfide) groups is 1. The van der Waals surface area contributed by atoms with Crippen molar-refractivity contribution in [2.45, 2.75) is 37.0 Å². The largest absolute Gasteiger partial charge is 0.378 e. The van der Waals surface area contributed by atoms with Gasteiger partial charge in [-0.1, -0.05) is 59.6 Å². The van der Waals surface area contributed by atoms with E-state index < -0.39 is 0 Å². The van der Waals surface area contributed by atoms with Gasteiger partial charge in [0.2, 0.25) is 0 Å². The summed E-state index contributed by atoms with van der Waals surface area (Å²) in [6, 6.07) is 23.1. The summed E-state index contributed by atoms with van der Waals surface area (Å²) >= 11 is 14.2. The summed E-state index contributed by atoms with van der Waals surface area (Å²) in [6.07, 6.45) is 3.97. The number of rotatable bonds is 7. The van der Waals surface area contributed by atoms with Gasteiger partial charge >= 0.3 is 0 Å². The number of hydrogen-bond donors (Lipinski definition) is 2. The number of halogens is 2. The third kappa shape index (κ3) is 4.53. The van der Waals surface area contributed by atoms with Crippen LogP contribution in [0.4, 0.5) is 5.69 Å². The van der Waals surface area contributed by atoms with Gasteiger partial charge in [0.1, 0.15) is 0 Å². The minimum absolute atomic E-state index is 0.000866. The summed E-state index contributed by atoms with van der Waals surface area (Å²) in [5, 5.41) is 8.35. The van der Waals surface area contributed by atoms with Crippen LogP contribution in [0, 0.1) is 17.8 Å². The quantitative estimate of drug-likeness (QED) is 0.301. The minimum atomic E-state index is -0.000866. The third-order valence-corrected chi connectivity index (χ3v) is 10.0. The standard InChI is InChI=1S/C30H30Cl2N2OS/c31-24-7-4-8-25(32)23(24)17-36-14-13-33-30(35)21-11-12-26-22(16-21)27-19-9-10-20(15-19)28(27)29(34-26)18-5-2-1-3-6-18/h1-8,11-12,16,19-20,27-29,34H,9-10,13-15,17H2,(H,33,35)/t19-,20-,27-,28-,29-/m0/s1. The van der Waals surface area contributed by atoms with E-state index in [0.717, 1.165) is 34.5 Å². The van der Waals surface area contributed by atoms with Gasteiger partial charge in [-0.25, -0.2) is 0 Å². The van der Waals surface area contributed by atoms with E-state index in [0.29, 0.717) is 34.5 Å². The maximum Gasteiger partial charge on any atom is 0.251 e. The number of anilines is 1. The molecule has 2 aliphatic carbocycles. The van der Waals surface area contributed by atoms with E-state index in [1.165, 1.54) is 36.1 Å². The number of fused-ring (bicyclic) bond motifs is 7. The van der Waals surface area contributed by atoms with E-state index in [-0.39, 0.29) is 5.91 Å². The zero-order chi connectivity index (χ0) is 24.6. The Morgan fingerprint density at radius 1 is 0.972 bits per heavy atom. The molecule has 6 rings (SSSR count). The average molecular weight is 538 g/mol. The lowest BCUT2D eigenvalue weighted by Crippen LogP contribution is -2.35. The van der Waals surface area contributed by atoms with Crippen molar-refractivity contribution in [3.05, 3.63) is 99.0 Å². The molecule has 0 aromatic heterocycles. The van der Waals surface area contributed by atoms with Crippen molar-refractivity contribution in [2.24, 2.45) is 17.8 Å². The fraction of sp³-hybridized carbons (Fsp3) is 0.367. The second-order valence-electron chi connectivity index (χ2n) is 10.3. The second kappa shape index (κ2) is 10.3. The van der Waals surface area contributed by atoms with E-state index in [9.17, 15) is 4.79 Å². The predicted molar refractivity (Wildman–Crippen MR) is 151 cm³/mol. The third-order valence-electron chi connectivity index (χ3n) is 8.35. The summed E-state index contributed by atoms with van der Waals surface area (Å²) in [7, 11) is 0. The van der Waals surface area contributed by atoms with Gasteiger partial charge in [-0.2, -0.15) is 11.8 Å². The molecule has 0 unspecified atom stereocenters. The summed E-state index contributed by atoms with van der Waals surface area (Å²) in [5.41, 5.74) is 5.63. The van der Waals surface area contributed by atoms with Crippen molar-refractivity contribution in [3.63, 3.8) is 0 Å². The predicted octanol–water partition coefficient (Wildman–Crippen LogP) is 7.95. The maximum atomic E-state index is 13.0. The summed E-state index contributed by atoms with van der Waals surface area (Å²) in [6.45, 7) is 0.605. The van der Waals surface area contributed by atoms with Gasteiger partial charge in [-0.15, -0.1) is 0 Å². The number of hydrogen-bond acceptors (Lipinski definition) is 3. The van der Waals surface area contributed by atoms with Crippen molar-refractivity contribution in [3.8, 4) is 0 Å². The van der Waals surface area contributed by atoms with Crippen LogP contribution in [0.2, 0.25) is 10.0 Å². The summed E-state index contributed by atoms with van der Waals surface area (Å²) in [4.78, 5) is 13.0. The van der Waals surface area contributed by atoms with Gasteiger partial charge in [-0.3, -0.25) is 4.79 Å². The first-order chi connectivity index (χ1) is 17.6. The molecule has 2 saturated carbocycles. The van der Waals surface area contributed by atoms with E-state index >= 15 is 0 Å². The van der Waals surface area contributed by atoms with Crippen molar-refractivity contribution in [1.82, 2.24) is 5.32 Å². The molecule has 3 aliphatic rings. The Hall–Kier alpha value is -2.14. The maximum absolute atomic E-state index is 13.0. The normalized spacial score (nSPS) is 25.7. The van der Waals surface area contributed by atoms with Crippen molar-refractivity contribution in [2.75, 3.05) is 17.6 Å². The highest BCUT2D eigenvalue weighted by molar-refractivity contribution is 7.98. The molecule has 36 heavy (non-hydrogen) atoms. The SMILES string of the molecule is O=C(NCCSCc1c(Cl)cccc1Cl)c1ccc2c(c1)[C@@H]1[C@H]3CC[C@@H](C3)[C@@H]1[C@H](c1ccccc1)N2. The molecule has 0 spiro atoms. The number of nitrogens with one attached hydrogen (secondary N) is 2. The smallest absolute Gasteiger partial charge is 0.251 e. The lowest BCUT2D eigenvalue weighted by molar-refractivity contribution is 0.0956. The number of benzene rings is 3. The Balaban J connectivity index is 1.13. The Morgan fingerprint density at radius 2 is 1.75 bits per heavy atom. The van der Waals surface area contributed by atoms with Gasteiger partial charge in [0.15, 0.2) is 0 Å². The average Bonchev–Trinajstić information content (AvgIpc) is 3.53. The van der Waals surface area contributed by atoms with Gasteiger partial charge in [0.25, 0.3) is 5.91 Å². The molecular formula is C30H30Cl2N2OS. The van der Waals surface area contributed by atoms with Crippen LogP contribution >= 0.6 is 35.0 Å². The highest BCUT2D eigenvalue weighted by atomic mass is 35.5. The van der Waals surface area contributed by atoms with Gasteiger partial charge in [-0.05, 0) is 90.0 Å². The van der Waals surface area contributed by atoms with Crippen LogP contribution in [0.5, 0.6) is 0 Å². The van der Waals surface area contributed by atoms with Crippen LogP contribution in [0.15, 0.2) is 66.7 Å². The Bertz CT molecular complexity index is 1250. The van der Waals surface area contributed by atoms with Crippen molar-refractivity contribution >= 4 is 46.6 Å². The molecule has 3 aromatic carbocycles. The van der Waals surface area contributed by atoms with Crippen LogP contribution in [-0.2, 0) is 5.75 Å². The lowest BCUT2D eigenvalue weighted by atomic mass is 9.68. The van der Waals surface area contributed by atoms with Gasteiger partial charge < -0.3 is 10.6 Å². The molecule has 2 N–H and O–H groups in total. The molecule has 186 valence electrons. The van der Waals surface area contributed by atoms with Crippen molar-refractivity contribution in [1.29, 1.82) is 0 Å². The van der Waals surface area contributed by atoms with Crippen LogP contribution in [0.1, 0.15) is 58.3 Å². The molecule has 6 heteroatoms. The fourth-order valence-electron chi connectivity index (χ4n) is 6.80. The molecule has 1 amide bonds. The highest BCUT2D eigenvalue weighted by Crippen LogP contribution is 2.63. The fourth-order valence-corrected chi connectivity index (χ4v) is 8.40. The highest BCUT2D eigenvalue weighted by Gasteiger charge is 2.53. The van der Waals surface area contributed by atoms with Crippen LogP contribution in [0.25, 0.3) is 0 Å². The first-order valence-corrected chi connectivity index (χ1v) is 14.8. The van der Waals surface area contributed by atoms with Crippen LogP contribution in [0.3, 0.4) is 0 Å². The van der Waals surface area contributed by atoms with Gasteiger partial charge in [0, 0.05) is 39.3 Å². The second-order valence-corrected chi connectivity index (χ2v) is 12.2. The van der Waals surface area contributed by atoms with Crippen LogP contribution in [-0.4, -0.2) is 18.2 Å². The molecule has 0 radical (unpaired) electrons. The van der Waals surface area contributed by atoms with Gasteiger partial charge in [0.05, 0.1) is 6.04 Å². The van der Waals surface area contributed by atoms with E-state index in [2.05, 4.69) is 53.1 Å². The van der Waals surface area contributed by atoms with Crippen LogP contribution < -0.4 is 10.6 Å². The molecule has 1 aliphatic heterocycles. The first kappa shape index (κ1) is 24.2. The topological polar surface area (TPSA) is 41.1 Å². The van der Waals surface area contributed by atoms with E-state index in [1.54, 1.807) is 11.8 Å². The van der Waals surface area contributed by atoms with E-state index in [4.69, 9.17) is 23.2 Å². The van der Waals surface area contributed by atoms with Crippen molar-refractivity contribution < 1.29 is 4.79 Å². The molecule has 2 fully saturated rings. The molecule has 0 saturated heterocycles. The monoisotopic (exact) mass is 536 g/mol.